The van der Waals surface area contributed by atoms with Crippen molar-refractivity contribution in [2.75, 3.05) is 19.6 Å². The van der Waals surface area contributed by atoms with Gasteiger partial charge in [-0.3, -0.25) is 19.3 Å². The molecule has 9 heteroatoms. The summed E-state index contributed by atoms with van der Waals surface area (Å²) in [5.74, 6) is -2.46. The summed E-state index contributed by atoms with van der Waals surface area (Å²) in [4.78, 5) is 50.8. The molecule has 1 aromatic rings. The van der Waals surface area contributed by atoms with Gasteiger partial charge in [0.05, 0.1) is 5.92 Å². The Morgan fingerprint density at radius 2 is 1.89 bits per heavy atom. The summed E-state index contributed by atoms with van der Waals surface area (Å²) in [6.45, 7) is 3.56. The van der Waals surface area contributed by atoms with Gasteiger partial charge in [-0.2, -0.15) is 0 Å². The Morgan fingerprint density at radius 3 is 2.44 bits per heavy atom. The Morgan fingerprint density at radius 1 is 1.26 bits per heavy atom. The van der Waals surface area contributed by atoms with Crippen LogP contribution in [-0.4, -0.2) is 58.4 Å². The highest BCUT2D eigenvalue weighted by atomic mass is 35.5. The van der Waals surface area contributed by atoms with Crippen LogP contribution in [0.25, 0.3) is 0 Å². The predicted molar refractivity (Wildman–Crippen MR) is 98.3 cm³/mol. The normalized spacial score (nSPS) is 24.6. The molecule has 0 saturated carbocycles. The molecule has 2 saturated heterocycles. The number of halogens is 1. The third-order valence-corrected chi connectivity index (χ3v) is 5.09. The van der Waals surface area contributed by atoms with Gasteiger partial charge in [-0.05, 0) is 25.8 Å². The van der Waals surface area contributed by atoms with E-state index in [1.165, 1.54) is 4.90 Å². The topological polar surface area (TPSA) is 107 Å². The smallest absolute Gasteiger partial charge is 0.325 e. The molecule has 2 atom stereocenters. The largest absolute Gasteiger partial charge is 0.481 e. The number of amides is 4. The molecular weight excluding hydrogens is 374 g/mol. The molecule has 2 unspecified atom stereocenters. The first-order valence-corrected chi connectivity index (χ1v) is 8.44. The van der Waals surface area contributed by atoms with Crippen LogP contribution in [0.2, 0.25) is 0 Å². The lowest BCUT2D eigenvalue weighted by atomic mass is 9.91. The van der Waals surface area contributed by atoms with E-state index in [4.69, 9.17) is 5.11 Å². The molecule has 2 fully saturated rings. The van der Waals surface area contributed by atoms with E-state index >= 15 is 0 Å². The summed E-state index contributed by atoms with van der Waals surface area (Å²) in [5.41, 5.74) is 0.450. The highest BCUT2D eigenvalue weighted by Crippen LogP contribution is 2.29. The van der Waals surface area contributed by atoms with Gasteiger partial charge in [0, 0.05) is 13.1 Å². The number of carbonyl (C=O) groups is 4. The van der Waals surface area contributed by atoms with E-state index < -0.39 is 41.8 Å². The van der Waals surface area contributed by atoms with Crippen LogP contribution in [0.4, 0.5) is 4.79 Å². The van der Waals surface area contributed by atoms with E-state index in [1.807, 2.05) is 19.1 Å². The van der Waals surface area contributed by atoms with Gasteiger partial charge in [0.25, 0.3) is 5.91 Å². The third-order valence-electron chi connectivity index (χ3n) is 5.09. The van der Waals surface area contributed by atoms with Crippen molar-refractivity contribution in [1.82, 2.24) is 15.1 Å². The van der Waals surface area contributed by atoms with Crippen LogP contribution >= 0.6 is 12.4 Å². The van der Waals surface area contributed by atoms with Crippen molar-refractivity contribution in [3.05, 3.63) is 35.4 Å². The average molecular weight is 396 g/mol. The van der Waals surface area contributed by atoms with Gasteiger partial charge in [0.1, 0.15) is 12.1 Å². The maximum atomic E-state index is 12.8. The molecule has 2 aliphatic rings. The molecule has 0 aromatic heterocycles. The third kappa shape index (κ3) is 3.75. The Kier molecular flexibility index (Phi) is 5.79. The fourth-order valence-corrected chi connectivity index (χ4v) is 3.35. The first-order chi connectivity index (χ1) is 12.2. The molecule has 0 spiro atoms. The summed E-state index contributed by atoms with van der Waals surface area (Å²) in [6.07, 6.45) is 0.377. The van der Waals surface area contributed by atoms with E-state index in [0.717, 1.165) is 10.5 Å². The van der Waals surface area contributed by atoms with Crippen LogP contribution in [0.1, 0.15) is 24.5 Å². The van der Waals surface area contributed by atoms with Crippen LogP contribution in [0, 0.1) is 12.8 Å². The maximum absolute atomic E-state index is 12.8. The molecule has 0 bridgehead atoms. The number of benzene rings is 1. The quantitative estimate of drug-likeness (QED) is 0.743. The molecule has 2 heterocycles. The second-order valence-corrected chi connectivity index (χ2v) is 6.98. The Labute approximate surface area is 162 Å². The van der Waals surface area contributed by atoms with Crippen LogP contribution in [0.15, 0.2) is 24.3 Å². The Hall–Kier alpha value is -2.61. The predicted octanol–water partition coefficient (Wildman–Crippen LogP) is 1.12. The summed E-state index contributed by atoms with van der Waals surface area (Å²) in [6, 6.07) is 6.63. The summed E-state index contributed by atoms with van der Waals surface area (Å²) < 4.78 is 0. The number of aliphatic carboxylic acids is 1. The number of hydrogen-bond acceptors (Lipinski definition) is 4. The van der Waals surface area contributed by atoms with Crippen LogP contribution in [0.3, 0.4) is 0 Å². The van der Waals surface area contributed by atoms with Crippen molar-refractivity contribution >= 4 is 36.2 Å². The molecule has 27 heavy (non-hydrogen) atoms. The van der Waals surface area contributed by atoms with Crippen molar-refractivity contribution < 1.29 is 24.3 Å². The van der Waals surface area contributed by atoms with Crippen LogP contribution in [0.5, 0.6) is 0 Å². The molecule has 1 aromatic carbocycles. The van der Waals surface area contributed by atoms with Gasteiger partial charge >= 0.3 is 12.0 Å². The molecule has 2 N–H and O–H groups in total. The lowest BCUT2D eigenvalue weighted by molar-refractivity contribution is -0.142. The number of rotatable bonds is 4. The summed E-state index contributed by atoms with van der Waals surface area (Å²) in [5, 5.41) is 11.7. The number of nitrogens with one attached hydrogen (secondary N) is 1. The van der Waals surface area contributed by atoms with E-state index in [0.29, 0.717) is 18.5 Å². The molecule has 2 aliphatic heterocycles. The minimum Gasteiger partial charge on any atom is -0.481 e. The number of carboxylic acids is 1. The van der Waals surface area contributed by atoms with Gasteiger partial charge in [-0.1, -0.05) is 29.8 Å². The van der Waals surface area contributed by atoms with Crippen molar-refractivity contribution in [2.24, 2.45) is 5.92 Å². The van der Waals surface area contributed by atoms with E-state index in [-0.39, 0.29) is 19.0 Å². The van der Waals surface area contributed by atoms with Gasteiger partial charge < -0.3 is 15.3 Å². The standard InChI is InChI=1S/C18H21N3O5.ClH/c1-11-3-5-13(6-4-11)18(2)16(25)21(17(26)19-18)10-14(22)20-8-7-12(9-20)15(23)24;/h3-6,12H,7-10H2,1-2H3,(H,19,26)(H,23,24);1H. The fraction of sp³-hybridized carbons (Fsp3) is 0.444. The SMILES string of the molecule is Cc1ccc(C2(C)NC(=O)N(CC(=O)N3CCC(C(=O)O)C3)C2=O)cc1.Cl. The molecule has 146 valence electrons. The van der Waals surface area contributed by atoms with Gasteiger partial charge in [-0.15, -0.1) is 12.4 Å². The van der Waals surface area contributed by atoms with E-state index in [9.17, 15) is 19.2 Å². The van der Waals surface area contributed by atoms with E-state index in [1.54, 1.807) is 19.1 Å². The zero-order valence-electron chi connectivity index (χ0n) is 15.1. The zero-order chi connectivity index (χ0) is 19.1. The lowest BCUT2D eigenvalue weighted by Crippen LogP contribution is -2.44. The van der Waals surface area contributed by atoms with Gasteiger partial charge in [-0.25, -0.2) is 4.79 Å². The van der Waals surface area contributed by atoms with Crippen molar-refractivity contribution in [1.29, 1.82) is 0 Å². The second kappa shape index (κ2) is 7.56. The second-order valence-electron chi connectivity index (χ2n) is 6.98. The van der Waals surface area contributed by atoms with E-state index in [2.05, 4.69) is 5.32 Å². The van der Waals surface area contributed by atoms with Crippen LogP contribution < -0.4 is 5.32 Å². The van der Waals surface area contributed by atoms with Crippen molar-refractivity contribution in [3.63, 3.8) is 0 Å². The van der Waals surface area contributed by atoms with Crippen LogP contribution in [-0.2, 0) is 19.9 Å². The highest BCUT2D eigenvalue weighted by Gasteiger charge is 2.50. The van der Waals surface area contributed by atoms with Gasteiger partial charge in [0.15, 0.2) is 0 Å². The molecule has 4 amide bonds. The summed E-state index contributed by atoms with van der Waals surface area (Å²) >= 11 is 0. The number of hydrogen-bond donors (Lipinski definition) is 2. The minimum absolute atomic E-state index is 0. The number of imide groups is 1. The maximum Gasteiger partial charge on any atom is 0.325 e. The van der Waals surface area contributed by atoms with Crippen molar-refractivity contribution in [2.45, 2.75) is 25.8 Å². The monoisotopic (exact) mass is 395 g/mol. The Bertz CT molecular complexity index is 782. The number of carboxylic acid groups (broad SMARTS) is 1. The number of likely N-dealkylation sites (tertiary alicyclic amines) is 1. The molecule has 3 rings (SSSR count). The van der Waals surface area contributed by atoms with Crippen molar-refractivity contribution in [3.8, 4) is 0 Å². The zero-order valence-corrected chi connectivity index (χ0v) is 15.9. The van der Waals surface area contributed by atoms with Gasteiger partial charge in [0.2, 0.25) is 5.91 Å². The highest BCUT2D eigenvalue weighted by molar-refractivity contribution is 6.09. The molecule has 8 nitrogen and oxygen atoms in total. The first kappa shape index (κ1) is 20.7. The number of nitrogens with zero attached hydrogens (tertiary/aromatic N) is 2. The Balaban J connectivity index is 0.00000261. The summed E-state index contributed by atoms with van der Waals surface area (Å²) in [7, 11) is 0. The molecule has 0 aliphatic carbocycles. The average Bonchev–Trinajstić information content (AvgIpc) is 3.16. The fourth-order valence-electron chi connectivity index (χ4n) is 3.35. The number of aryl methyl sites for hydroxylation is 1. The lowest BCUT2D eigenvalue weighted by Gasteiger charge is -2.23. The minimum atomic E-state index is -1.22. The number of carbonyl (C=O) groups excluding carboxylic acids is 3. The molecule has 0 radical (unpaired) electrons. The first-order valence-electron chi connectivity index (χ1n) is 8.44. The molecular formula is C18H22ClN3O5. The number of urea groups is 1.